The highest BCUT2D eigenvalue weighted by atomic mass is 35.5. The summed E-state index contributed by atoms with van der Waals surface area (Å²) in [5.41, 5.74) is 0. The number of cyclic esters (lactones) is 1. The lowest BCUT2D eigenvalue weighted by Gasteiger charge is -2.36. The van der Waals surface area contributed by atoms with E-state index in [9.17, 15) is 4.79 Å². The van der Waals surface area contributed by atoms with Gasteiger partial charge in [-0.1, -0.05) is 0 Å². The highest BCUT2D eigenvalue weighted by Gasteiger charge is 2.32. The Morgan fingerprint density at radius 3 is 2.74 bits per heavy atom. The average Bonchev–Trinajstić information content (AvgIpc) is 2.85. The number of hydrogen-bond acceptors (Lipinski definition) is 5. The largest absolute Gasteiger partial charge is 0.448 e. The molecular formula is C12H15ClN4O2. The van der Waals surface area contributed by atoms with Crippen molar-refractivity contribution in [2.45, 2.75) is 18.9 Å². The van der Waals surface area contributed by atoms with Gasteiger partial charge in [0.2, 0.25) is 5.28 Å². The summed E-state index contributed by atoms with van der Waals surface area (Å²) in [6.45, 7) is 2.95. The third-order valence-corrected chi connectivity index (χ3v) is 3.82. The highest BCUT2D eigenvalue weighted by Crippen LogP contribution is 2.23. The molecule has 1 aromatic heterocycles. The predicted octanol–water partition coefficient (Wildman–Crippen LogP) is 1.55. The van der Waals surface area contributed by atoms with Crippen LogP contribution in [-0.2, 0) is 4.74 Å². The van der Waals surface area contributed by atoms with E-state index in [1.807, 2.05) is 11.0 Å². The molecule has 2 saturated heterocycles. The molecule has 2 aliphatic heterocycles. The summed E-state index contributed by atoms with van der Waals surface area (Å²) in [5, 5.41) is 0.266. The van der Waals surface area contributed by atoms with Crippen LogP contribution in [0.15, 0.2) is 12.3 Å². The summed E-state index contributed by atoms with van der Waals surface area (Å²) in [6, 6.07) is 2.14. The van der Waals surface area contributed by atoms with Crippen molar-refractivity contribution in [1.82, 2.24) is 14.9 Å². The maximum Gasteiger partial charge on any atom is 0.410 e. The molecule has 0 spiro atoms. The van der Waals surface area contributed by atoms with E-state index in [2.05, 4.69) is 14.9 Å². The molecule has 0 atom stereocenters. The van der Waals surface area contributed by atoms with Crippen LogP contribution in [0, 0.1) is 0 Å². The van der Waals surface area contributed by atoms with Gasteiger partial charge in [0.05, 0.1) is 6.54 Å². The molecule has 0 radical (unpaired) electrons. The third kappa shape index (κ3) is 2.58. The van der Waals surface area contributed by atoms with Crippen molar-refractivity contribution in [1.29, 1.82) is 0 Å². The van der Waals surface area contributed by atoms with Crippen LogP contribution < -0.4 is 4.90 Å². The van der Waals surface area contributed by atoms with Crippen molar-refractivity contribution in [2.75, 3.05) is 31.1 Å². The SMILES string of the molecule is O=C1OCCN1C1CCN(c2ccnc(Cl)n2)CC1. The van der Waals surface area contributed by atoms with Crippen molar-refractivity contribution in [3.05, 3.63) is 17.5 Å². The summed E-state index contributed by atoms with van der Waals surface area (Å²) in [6.07, 6.45) is 3.34. The predicted molar refractivity (Wildman–Crippen MR) is 70.3 cm³/mol. The summed E-state index contributed by atoms with van der Waals surface area (Å²) in [5.74, 6) is 0.849. The number of aromatic nitrogens is 2. The van der Waals surface area contributed by atoms with E-state index >= 15 is 0 Å². The molecule has 3 rings (SSSR count). The summed E-state index contributed by atoms with van der Waals surface area (Å²) < 4.78 is 4.98. The average molecular weight is 283 g/mol. The third-order valence-electron chi connectivity index (χ3n) is 3.63. The minimum absolute atomic E-state index is 0.177. The molecule has 3 heterocycles. The maximum atomic E-state index is 11.5. The van der Waals surface area contributed by atoms with Gasteiger partial charge in [0, 0.05) is 25.3 Å². The number of carbonyl (C=O) groups is 1. The molecule has 102 valence electrons. The summed E-state index contributed by atoms with van der Waals surface area (Å²) >= 11 is 5.80. The first-order valence-electron chi connectivity index (χ1n) is 6.41. The Morgan fingerprint density at radius 1 is 1.32 bits per heavy atom. The smallest absolute Gasteiger partial charge is 0.410 e. The number of carbonyl (C=O) groups excluding carboxylic acids is 1. The van der Waals surface area contributed by atoms with E-state index in [0.717, 1.165) is 31.7 Å². The second kappa shape index (κ2) is 5.21. The number of rotatable bonds is 2. The number of piperidine rings is 1. The van der Waals surface area contributed by atoms with E-state index in [1.54, 1.807) is 6.20 Å². The Hall–Kier alpha value is -1.56. The lowest BCUT2D eigenvalue weighted by molar-refractivity contribution is 0.142. The van der Waals surface area contributed by atoms with Gasteiger partial charge in [-0.25, -0.2) is 14.8 Å². The Bertz CT molecular complexity index is 477. The first-order chi connectivity index (χ1) is 9.24. The van der Waals surface area contributed by atoms with Gasteiger partial charge in [0.15, 0.2) is 0 Å². The maximum absolute atomic E-state index is 11.5. The lowest BCUT2D eigenvalue weighted by Crippen LogP contribution is -2.45. The molecule has 1 amide bonds. The number of ether oxygens (including phenoxy) is 1. The van der Waals surface area contributed by atoms with Crippen LogP contribution in [0.25, 0.3) is 0 Å². The molecule has 6 nitrogen and oxygen atoms in total. The summed E-state index contributed by atoms with van der Waals surface area (Å²) in [4.78, 5) is 23.6. The molecule has 0 aromatic carbocycles. The number of amides is 1. The molecule has 7 heteroatoms. The Morgan fingerprint density at radius 2 is 2.11 bits per heavy atom. The van der Waals surface area contributed by atoms with Crippen LogP contribution in [0.1, 0.15) is 12.8 Å². The van der Waals surface area contributed by atoms with E-state index in [1.165, 1.54) is 0 Å². The fraction of sp³-hybridized carbons (Fsp3) is 0.583. The Kier molecular flexibility index (Phi) is 3.42. The van der Waals surface area contributed by atoms with Crippen LogP contribution in [0.5, 0.6) is 0 Å². The quantitative estimate of drug-likeness (QED) is 0.770. The van der Waals surface area contributed by atoms with Gasteiger partial charge < -0.3 is 14.5 Å². The van der Waals surface area contributed by atoms with Crippen molar-refractivity contribution in [3.8, 4) is 0 Å². The first kappa shape index (κ1) is 12.5. The lowest BCUT2D eigenvalue weighted by atomic mass is 10.0. The van der Waals surface area contributed by atoms with Crippen LogP contribution in [0.2, 0.25) is 5.28 Å². The zero-order valence-corrected chi connectivity index (χ0v) is 11.2. The van der Waals surface area contributed by atoms with Gasteiger partial charge in [-0.3, -0.25) is 0 Å². The van der Waals surface area contributed by atoms with Crippen LogP contribution in [0.3, 0.4) is 0 Å². The fourth-order valence-corrected chi connectivity index (χ4v) is 2.79. The van der Waals surface area contributed by atoms with Crippen LogP contribution in [0.4, 0.5) is 10.6 Å². The van der Waals surface area contributed by atoms with Gasteiger partial charge >= 0.3 is 6.09 Å². The second-order valence-corrected chi connectivity index (χ2v) is 5.05. The molecule has 19 heavy (non-hydrogen) atoms. The van der Waals surface area contributed by atoms with Crippen molar-refractivity contribution >= 4 is 23.5 Å². The number of hydrogen-bond donors (Lipinski definition) is 0. The molecule has 0 unspecified atom stereocenters. The number of halogens is 1. The molecule has 0 aliphatic carbocycles. The fourth-order valence-electron chi connectivity index (χ4n) is 2.65. The standard InChI is InChI=1S/C12H15ClN4O2/c13-11-14-4-1-10(15-11)16-5-2-9(3-6-16)17-7-8-19-12(17)18/h1,4,9H,2-3,5-8H2. The van der Waals surface area contributed by atoms with E-state index < -0.39 is 0 Å². The molecule has 1 aromatic rings. The number of nitrogens with zero attached hydrogens (tertiary/aromatic N) is 4. The van der Waals surface area contributed by atoms with Crippen LogP contribution in [-0.4, -0.2) is 53.2 Å². The van der Waals surface area contributed by atoms with Crippen molar-refractivity contribution in [3.63, 3.8) is 0 Å². The zero-order chi connectivity index (χ0) is 13.2. The molecule has 0 N–H and O–H groups in total. The zero-order valence-electron chi connectivity index (χ0n) is 10.5. The highest BCUT2D eigenvalue weighted by molar-refractivity contribution is 6.28. The topological polar surface area (TPSA) is 58.6 Å². The van der Waals surface area contributed by atoms with Gasteiger partial charge in [-0.05, 0) is 30.5 Å². The summed E-state index contributed by atoms with van der Waals surface area (Å²) in [7, 11) is 0. The van der Waals surface area contributed by atoms with E-state index in [-0.39, 0.29) is 17.4 Å². The van der Waals surface area contributed by atoms with Gasteiger partial charge in [0.1, 0.15) is 12.4 Å². The minimum Gasteiger partial charge on any atom is -0.448 e. The second-order valence-electron chi connectivity index (χ2n) is 4.71. The molecule has 2 aliphatic rings. The number of anilines is 1. The van der Waals surface area contributed by atoms with Gasteiger partial charge in [0.25, 0.3) is 0 Å². The minimum atomic E-state index is -0.177. The van der Waals surface area contributed by atoms with Gasteiger partial charge in [-0.15, -0.1) is 0 Å². The monoisotopic (exact) mass is 282 g/mol. The van der Waals surface area contributed by atoms with E-state index in [0.29, 0.717) is 13.2 Å². The molecule has 2 fully saturated rings. The Labute approximate surface area is 116 Å². The molecular weight excluding hydrogens is 268 g/mol. The van der Waals surface area contributed by atoms with E-state index in [4.69, 9.17) is 16.3 Å². The molecule has 0 bridgehead atoms. The van der Waals surface area contributed by atoms with Crippen molar-refractivity contribution < 1.29 is 9.53 Å². The first-order valence-corrected chi connectivity index (χ1v) is 6.79. The molecule has 0 saturated carbocycles. The van der Waals surface area contributed by atoms with Crippen LogP contribution >= 0.6 is 11.6 Å². The van der Waals surface area contributed by atoms with Crippen molar-refractivity contribution in [2.24, 2.45) is 0 Å². The Balaban J connectivity index is 1.61. The normalized spacial score (nSPS) is 20.8. The van der Waals surface area contributed by atoms with Gasteiger partial charge in [-0.2, -0.15) is 0 Å².